The van der Waals surface area contributed by atoms with Crippen LogP contribution in [0.1, 0.15) is 41.6 Å². The van der Waals surface area contributed by atoms with Crippen LogP contribution in [-0.2, 0) is 11.3 Å². The SMILES string of the molecule is O=C(c1ccc(OCC2CCCO2)cc1)N(Cc1ccncc1)C1CC1. The fourth-order valence-electron chi connectivity index (χ4n) is 3.26. The van der Waals surface area contributed by atoms with Crippen LogP contribution in [0.4, 0.5) is 0 Å². The number of nitrogens with zero attached hydrogens (tertiary/aromatic N) is 2. The van der Waals surface area contributed by atoms with Crippen LogP contribution >= 0.6 is 0 Å². The predicted octanol–water partition coefficient (Wildman–Crippen LogP) is 3.44. The molecule has 1 saturated carbocycles. The summed E-state index contributed by atoms with van der Waals surface area (Å²) in [6.45, 7) is 2.03. The molecule has 1 aliphatic heterocycles. The Kier molecular flexibility index (Phi) is 5.16. The van der Waals surface area contributed by atoms with Gasteiger partial charge in [0.15, 0.2) is 0 Å². The van der Waals surface area contributed by atoms with E-state index in [0.717, 1.165) is 43.6 Å². The average Bonchev–Trinajstić information content (AvgIpc) is 3.40. The predicted molar refractivity (Wildman–Crippen MR) is 98.0 cm³/mol. The number of aromatic nitrogens is 1. The highest BCUT2D eigenvalue weighted by molar-refractivity contribution is 5.94. The van der Waals surface area contributed by atoms with Crippen LogP contribution in [0.2, 0.25) is 0 Å². The highest BCUT2D eigenvalue weighted by atomic mass is 16.5. The summed E-state index contributed by atoms with van der Waals surface area (Å²) >= 11 is 0. The Morgan fingerprint density at radius 1 is 1.12 bits per heavy atom. The second kappa shape index (κ2) is 7.87. The smallest absolute Gasteiger partial charge is 0.254 e. The number of pyridine rings is 1. The third kappa shape index (κ3) is 4.22. The van der Waals surface area contributed by atoms with E-state index in [9.17, 15) is 4.79 Å². The molecule has 2 fully saturated rings. The van der Waals surface area contributed by atoms with Crippen LogP contribution in [-0.4, -0.2) is 41.2 Å². The van der Waals surface area contributed by atoms with Gasteiger partial charge in [0.2, 0.25) is 0 Å². The van der Waals surface area contributed by atoms with Crippen molar-refractivity contribution in [2.75, 3.05) is 13.2 Å². The second-order valence-electron chi connectivity index (χ2n) is 6.99. The van der Waals surface area contributed by atoms with Crippen molar-refractivity contribution in [3.8, 4) is 5.75 Å². The fourth-order valence-corrected chi connectivity index (χ4v) is 3.26. The molecule has 1 aliphatic carbocycles. The molecule has 5 nitrogen and oxygen atoms in total. The van der Waals surface area contributed by atoms with Gasteiger partial charge in [-0.15, -0.1) is 0 Å². The quantitative estimate of drug-likeness (QED) is 0.766. The monoisotopic (exact) mass is 352 g/mol. The van der Waals surface area contributed by atoms with E-state index in [1.165, 1.54) is 0 Å². The molecule has 2 heterocycles. The largest absolute Gasteiger partial charge is 0.491 e. The Labute approximate surface area is 153 Å². The number of hydrogen-bond donors (Lipinski definition) is 0. The van der Waals surface area contributed by atoms with Gasteiger partial charge >= 0.3 is 0 Å². The lowest BCUT2D eigenvalue weighted by molar-refractivity contribution is 0.0678. The first-order chi connectivity index (χ1) is 12.8. The number of carbonyl (C=O) groups is 1. The molecule has 0 bridgehead atoms. The normalized spacial score (nSPS) is 19.3. The summed E-state index contributed by atoms with van der Waals surface area (Å²) in [6.07, 6.45) is 8.06. The highest BCUT2D eigenvalue weighted by Gasteiger charge is 2.33. The van der Waals surface area contributed by atoms with E-state index in [2.05, 4.69) is 4.98 Å². The van der Waals surface area contributed by atoms with Crippen LogP contribution in [0.25, 0.3) is 0 Å². The van der Waals surface area contributed by atoms with Crippen LogP contribution in [0.5, 0.6) is 5.75 Å². The minimum absolute atomic E-state index is 0.0787. The fraction of sp³-hybridized carbons (Fsp3) is 0.429. The molecule has 2 aromatic rings. The maximum Gasteiger partial charge on any atom is 0.254 e. The van der Waals surface area contributed by atoms with Crippen LogP contribution < -0.4 is 4.74 Å². The number of ether oxygens (including phenoxy) is 2. The number of rotatable bonds is 7. The van der Waals surface area contributed by atoms with Crippen LogP contribution in [0.15, 0.2) is 48.8 Å². The minimum atomic E-state index is 0.0787. The summed E-state index contributed by atoms with van der Waals surface area (Å²) in [6, 6.07) is 11.7. The van der Waals surface area contributed by atoms with Crippen molar-refractivity contribution < 1.29 is 14.3 Å². The Bertz CT molecular complexity index is 723. The number of benzene rings is 1. The van der Waals surface area contributed by atoms with E-state index >= 15 is 0 Å². The van der Waals surface area contributed by atoms with E-state index < -0.39 is 0 Å². The molecule has 2 aliphatic rings. The Morgan fingerprint density at radius 3 is 2.54 bits per heavy atom. The van der Waals surface area contributed by atoms with E-state index in [0.29, 0.717) is 24.8 Å². The zero-order valence-corrected chi connectivity index (χ0v) is 14.8. The summed E-state index contributed by atoms with van der Waals surface area (Å²) < 4.78 is 11.4. The summed E-state index contributed by atoms with van der Waals surface area (Å²) in [5, 5.41) is 0. The molecule has 4 rings (SSSR count). The van der Waals surface area contributed by atoms with Crippen molar-refractivity contribution in [1.82, 2.24) is 9.88 Å². The molecule has 1 aromatic carbocycles. The lowest BCUT2D eigenvalue weighted by Gasteiger charge is -2.23. The molecular formula is C21H24N2O3. The third-order valence-corrected chi connectivity index (χ3v) is 4.91. The van der Waals surface area contributed by atoms with Gasteiger partial charge in [0, 0.05) is 37.2 Å². The molecule has 0 spiro atoms. The average molecular weight is 352 g/mol. The Balaban J connectivity index is 1.39. The van der Waals surface area contributed by atoms with Gasteiger partial charge in [-0.3, -0.25) is 9.78 Å². The Morgan fingerprint density at radius 2 is 1.88 bits per heavy atom. The molecule has 1 unspecified atom stereocenters. The number of carbonyl (C=O) groups excluding carboxylic acids is 1. The van der Waals surface area contributed by atoms with E-state index in [1.54, 1.807) is 12.4 Å². The van der Waals surface area contributed by atoms with Gasteiger partial charge in [-0.25, -0.2) is 0 Å². The molecule has 0 radical (unpaired) electrons. The second-order valence-corrected chi connectivity index (χ2v) is 6.99. The van der Waals surface area contributed by atoms with E-state index in [-0.39, 0.29) is 12.0 Å². The van der Waals surface area contributed by atoms with Crippen molar-refractivity contribution in [3.05, 3.63) is 59.9 Å². The minimum Gasteiger partial charge on any atom is -0.491 e. The first-order valence-electron chi connectivity index (χ1n) is 9.34. The first kappa shape index (κ1) is 17.0. The summed E-state index contributed by atoms with van der Waals surface area (Å²) in [5.41, 5.74) is 1.81. The third-order valence-electron chi connectivity index (χ3n) is 4.91. The maximum atomic E-state index is 13.0. The Hall–Kier alpha value is -2.40. The molecule has 1 atom stereocenters. The zero-order valence-electron chi connectivity index (χ0n) is 14.8. The van der Waals surface area contributed by atoms with Gasteiger partial charge < -0.3 is 14.4 Å². The topological polar surface area (TPSA) is 51.7 Å². The molecule has 1 aromatic heterocycles. The number of hydrogen-bond acceptors (Lipinski definition) is 4. The molecule has 1 amide bonds. The molecule has 26 heavy (non-hydrogen) atoms. The lowest BCUT2D eigenvalue weighted by atomic mass is 10.1. The van der Waals surface area contributed by atoms with Crippen molar-refractivity contribution in [2.24, 2.45) is 0 Å². The van der Waals surface area contributed by atoms with E-state index in [1.807, 2.05) is 41.3 Å². The van der Waals surface area contributed by atoms with Crippen molar-refractivity contribution in [2.45, 2.75) is 44.4 Å². The van der Waals surface area contributed by atoms with Gasteiger partial charge in [-0.2, -0.15) is 0 Å². The lowest BCUT2D eigenvalue weighted by Crippen LogP contribution is -2.32. The molecule has 0 N–H and O–H groups in total. The summed E-state index contributed by atoms with van der Waals surface area (Å²) in [7, 11) is 0. The van der Waals surface area contributed by atoms with Gasteiger partial charge in [0.25, 0.3) is 5.91 Å². The highest BCUT2D eigenvalue weighted by Crippen LogP contribution is 2.30. The molecular weight excluding hydrogens is 328 g/mol. The van der Waals surface area contributed by atoms with Gasteiger partial charge in [0.1, 0.15) is 12.4 Å². The summed E-state index contributed by atoms with van der Waals surface area (Å²) in [5.74, 6) is 0.860. The van der Waals surface area contributed by atoms with Crippen LogP contribution in [0.3, 0.4) is 0 Å². The zero-order chi connectivity index (χ0) is 17.8. The van der Waals surface area contributed by atoms with Crippen LogP contribution in [0, 0.1) is 0 Å². The standard InChI is InChI=1S/C21H24N2O3/c24-21(23(18-5-6-18)14-16-9-11-22-12-10-16)17-3-7-19(8-4-17)26-15-20-2-1-13-25-20/h3-4,7-12,18,20H,1-2,5-6,13-15H2. The van der Waals surface area contributed by atoms with Gasteiger partial charge in [-0.1, -0.05) is 0 Å². The molecule has 5 heteroatoms. The summed E-state index contributed by atoms with van der Waals surface area (Å²) in [4.78, 5) is 19.0. The van der Waals surface area contributed by atoms with Crippen molar-refractivity contribution in [3.63, 3.8) is 0 Å². The first-order valence-corrected chi connectivity index (χ1v) is 9.34. The number of amides is 1. The van der Waals surface area contributed by atoms with Gasteiger partial charge in [-0.05, 0) is 67.6 Å². The van der Waals surface area contributed by atoms with Gasteiger partial charge in [0.05, 0.1) is 6.10 Å². The molecule has 1 saturated heterocycles. The van der Waals surface area contributed by atoms with E-state index in [4.69, 9.17) is 9.47 Å². The van der Waals surface area contributed by atoms with Crippen molar-refractivity contribution in [1.29, 1.82) is 0 Å². The van der Waals surface area contributed by atoms with Crippen molar-refractivity contribution >= 4 is 5.91 Å². The molecule has 136 valence electrons. The maximum absolute atomic E-state index is 13.0.